The van der Waals surface area contributed by atoms with Crippen molar-refractivity contribution in [1.82, 2.24) is 9.97 Å². The standard InChI is InChI=1S/C19H17ClN4O/c1-12-8-13(2)18(15(20)9-12)24-19(25)16-10-22-17(11-21-16)23-14-6-4-3-5-7-14/h3-11H,1-2H3,(H,22,23)(H,24,25). The van der Waals surface area contributed by atoms with Gasteiger partial charge in [0.05, 0.1) is 23.1 Å². The molecule has 0 aliphatic rings. The molecule has 0 unspecified atom stereocenters. The van der Waals surface area contributed by atoms with Crippen LogP contribution in [0.2, 0.25) is 5.02 Å². The molecule has 3 rings (SSSR count). The zero-order valence-corrected chi connectivity index (χ0v) is 14.6. The molecule has 0 radical (unpaired) electrons. The van der Waals surface area contributed by atoms with E-state index in [1.807, 2.05) is 56.3 Å². The third-order valence-corrected chi connectivity index (χ3v) is 3.90. The second-order valence-electron chi connectivity index (χ2n) is 5.67. The predicted octanol–water partition coefficient (Wildman–Crippen LogP) is 4.74. The first-order valence-electron chi connectivity index (χ1n) is 7.75. The predicted molar refractivity (Wildman–Crippen MR) is 101 cm³/mol. The van der Waals surface area contributed by atoms with Gasteiger partial charge in [-0.3, -0.25) is 4.79 Å². The van der Waals surface area contributed by atoms with E-state index in [9.17, 15) is 4.79 Å². The number of benzene rings is 2. The lowest BCUT2D eigenvalue weighted by molar-refractivity contribution is 0.102. The fourth-order valence-electron chi connectivity index (χ4n) is 2.43. The van der Waals surface area contributed by atoms with Gasteiger partial charge in [-0.2, -0.15) is 0 Å². The molecule has 25 heavy (non-hydrogen) atoms. The summed E-state index contributed by atoms with van der Waals surface area (Å²) < 4.78 is 0. The van der Waals surface area contributed by atoms with Crippen LogP contribution in [0, 0.1) is 13.8 Å². The number of anilines is 3. The molecule has 1 heterocycles. The van der Waals surface area contributed by atoms with Gasteiger partial charge in [0.1, 0.15) is 11.5 Å². The second-order valence-corrected chi connectivity index (χ2v) is 6.08. The molecule has 1 aromatic heterocycles. The monoisotopic (exact) mass is 352 g/mol. The largest absolute Gasteiger partial charge is 0.339 e. The summed E-state index contributed by atoms with van der Waals surface area (Å²) in [7, 11) is 0. The van der Waals surface area contributed by atoms with Gasteiger partial charge >= 0.3 is 0 Å². The highest BCUT2D eigenvalue weighted by Gasteiger charge is 2.13. The minimum absolute atomic E-state index is 0.217. The lowest BCUT2D eigenvalue weighted by Crippen LogP contribution is -2.15. The quantitative estimate of drug-likeness (QED) is 0.711. The van der Waals surface area contributed by atoms with Crippen LogP contribution in [0.4, 0.5) is 17.2 Å². The molecule has 0 saturated carbocycles. The molecule has 2 aromatic carbocycles. The van der Waals surface area contributed by atoms with Crippen molar-refractivity contribution in [2.24, 2.45) is 0 Å². The average molecular weight is 353 g/mol. The van der Waals surface area contributed by atoms with Gasteiger partial charge in [0.15, 0.2) is 0 Å². The summed E-state index contributed by atoms with van der Waals surface area (Å²) in [6, 6.07) is 13.4. The Morgan fingerprint density at radius 3 is 2.44 bits per heavy atom. The number of nitrogens with zero attached hydrogens (tertiary/aromatic N) is 2. The van der Waals surface area contributed by atoms with E-state index >= 15 is 0 Å². The van der Waals surface area contributed by atoms with E-state index in [-0.39, 0.29) is 11.6 Å². The lowest BCUT2D eigenvalue weighted by atomic mass is 10.1. The number of carbonyl (C=O) groups excluding carboxylic acids is 1. The molecular formula is C19H17ClN4O. The first-order valence-corrected chi connectivity index (χ1v) is 8.13. The van der Waals surface area contributed by atoms with Crippen LogP contribution in [0.25, 0.3) is 0 Å². The van der Waals surface area contributed by atoms with Gasteiger partial charge in [-0.15, -0.1) is 0 Å². The Bertz CT molecular complexity index is 872. The summed E-state index contributed by atoms with van der Waals surface area (Å²) in [4.78, 5) is 20.8. The van der Waals surface area contributed by atoms with E-state index in [1.165, 1.54) is 12.4 Å². The number of aromatic nitrogens is 2. The van der Waals surface area contributed by atoms with Gasteiger partial charge in [-0.1, -0.05) is 35.9 Å². The maximum Gasteiger partial charge on any atom is 0.275 e. The molecule has 126 valence electrons. The Hall–Kier alpha value is -2.92. The zero-order chi connectivity index (χ0) is 17.8. The van der Waals surface area contributed by atoms with Crippen molar-refractivity contribution in [3.8, 4) is 0 Å². The van der Waals surface area contributed by atoms with Gasteiger partial charge < -0.3 is 10.6 Å². The van der Waals surface area contributed by atoms with Crippen LogP contribution in [-0.4, -0.2) is 15.9 Å². The molecule has 2 N–H and O–H groups in total. The van der Waals surface area contributed by atoms with Crippen LogP contribution in [-0.2, 0) is 0 Å². The Morgan fingerprint density at radius 1 is 1.04 bits per heavy atom. The van der Waals surface area contributed by atoms with Crippen molar-refractivity contribution < 1.29 is 4.79 Å². The number of amides is 1. The van der Waals surface area contributed by atoms with Crippen molar-refractivity contribution in [2.45, 2.75) is 13.8 Å². The minimum Gasteiger partial charge on any atom is -0.339 e. The maximum atomic E-state index is 12.4. The number of para-hydroxylation sites is 1. The highest BCUT2D eigenvalue weighted by molar-refractivity contribution is 6.34. The fourth-order valence-corrected chi connectivity index (χ4v) is 2.80. The topological polar surface area (TPSA) is 66.9 Å². The van der Waals surface area contributed by atoms with Crippen LogP contribution in [0.15, 0.2) is 54.9 Å². The summed E-state index contributed by atoms with van der Waals surface area (Å²) >= 11 is 6.22. The third kappa shape index (κ3) is 4.14. The van der Waals surface area contributed by atoms with Crippen molar-refractivity contribution >= 4 is 34.7 Å². The molecule has 0 aliphatic heterocycles. The van der Waals surface area contributed by atoms with Crippen LogP contribution < -0.4 is 10.6 Å². The fraction of sp³-hybridized carbons (Fsp3) is 0.105. The molecule has 0 atom stereocenters. The third-order valence-electron chi connectivity index (χ3n) is 3.60. The smallest absolute Gasteiger partial charge is 0.275 e. The van der Waals surface area contributed by atoms with E-state index < -0.39 is 0 Å². The van der Waals surface area contributed by atoms with E-state index in [2.05, 4.69) is 20.6 Å². The van der Waals surface area contributed by atoms with Gasteiger partial charge in [0.2, 0.25) is 0 Å². The maximum absolute atomic E-state index is 12.4. The normalized spacial score (nSPS) is 10.4. The molecular weight excluding hydrogens is 336 g/mol. The van der Waals surface area contributed by atoms with E-state index in [1.54, 1.807) is 0 Å². The second kappa shape index (κ2) is 7.32. The molecule has 0 bridgehead atoms. The molecule has 0 fully saturated rings. The number of hydrogen-bond acceptors (Lipinski definition) is 4. The summed E-state index contributed by atoms with van der Waals surface area (Å²) in [5.74, 6) is 0.208. The van der Waals surface area contributed by atoms with E-state index in [4.69, 9.17) is 11.6 Å². The molecule has 0 aliphatic carbocycles. The zero-order valence-electron chi connectivity index (χ0n) is 13.9. The van der Waals surface area contributed by atoms with Crippen molar-refractivity contribution in [1.29, 1.82) is 0 Å². The summed E-state index contributed by atoms with van der Waals surface area (Å²) in [6.07, 6.45) is 2.95. The first-order chi connectivity index (χ1) is 12.0. The lowest BCUT2D eigenvalue weighted by Gasteiger charge is -2.11. The van der Waals surface area contributed by atoms with E-state index in [0.717, 1.165) is 16.8 Å². The van der Waals surface area contributed by atoms with Gasteiger partial charge in [-0.25, -0.2) is 9.97 Å². The van der Waals surface area contributed by atoms with Crippen LogP contribution in [0.5, 0.6) is 0 Å². The molecule has 5 nitrogen and oxygen atoms in total. The summed E-state index contributed by atoms with van der Waals surface area (Å²) in [5, 5.41) is 6.42. The number of halogens is 1. The summed E-state index contributed by atoms with van der Waals surface area (Å²) in [5.41, 5.74) is 3.64. The molecule has 0 saturated heterocycles. The number of hydrogen-bond donors (Lipinski definition) is 2. The molecule has 3 aromatic rings. The first kappa shape index (κ1) is 16.9. The Morgan fingerprint density at radius 2 is 1.80 bits per heavy atom. The van der Waals surface area contributed by atoms with E-state index in [0.29, 0.717) is 16.5 Å². The van der Waals surface area contributed by atoms with Crippen LogP contribution in [0.3, 0.4) is 0 Å². The SMILES string of the molecule is Cc1cc(C)c(NC(=O)c2cnc(Nc3ccccc3)cn2)c(Cl)c1. The van der Waals surface area contributed by atoms with Gasteiger partial charge in [-0.05, 0) is 43.2 Å². The van der Waals surface area contributed by atoms with Crippen molar-refractivity contribution in [3.05, 3.63) is 76.7 Å². The van der Waals surface area contributed by atoms with Crippen LogP contribution >= 0.6 is 11.6 Å². The molecule has 1 amide bonds. The molecule has 6 heteroatoms. The summed E-state index contributed by atoms with van der Waals surface area (Å²) in [6.45, 7) is 3.85. The van der Waals surface area contributed by atoms with Crippen molar-refractivity contribution in [3.63, 3.8) is 0 Å². The number of aryl methyl sites for hydroxylation is 2. The van der Waals surface area contributed by atoms with Gasteiger partial charge in [0, 0.05) is 5.69 Å². The number of carbonyl (C=O) groups is 1. The van der Waals surface area contributed by atoms with Gasteiger partial charge in [0.25, 0.3) is 5.91 Å². The highest BCUT2D eigenvalue weighted by Crippen LogP contribution is 2.27. The Labute approximate surface area is 151 Å². The highest BCUT2D eigenvalue weighted by atomic mass is 35.5. The Balaban J connectivity index is 1.73. The number of nitrogens with one attached hydrogen (secondary N) is 2. The molecule has 0 spiro atoms. The number of rotatable bonds is 4. The van der Waals surface area contributed by atoms with Crippen LogP contribution in [0.1, 0.15) is 21.6 Å². The minimum atomic E-state index is -0.354. The average Bonchev–Trinajstić information content (AvgIpc) is 2.59. The van der Waals surface area contributed by atoms with Crippen molar-refractivity contribution in [2.75, 3.05) is 10.6 Å². The Kier molecular flexibility index (Phi) is 4.95.